The van der Waals surface area contributed by atoms with Gasteiger partial charge in [0.1, 0.15) is 0 Å². The second-order valence-electron chi connectivity index (χ2n) is 6.91. The molecule has 1 aromatic carbocycles. The molecule has 4 nitrogen and oxygen atoms in total. The molecule has 1 heterocycles. The van der Waals surface area contributed by atoms with Gasteiger partial charge < -0.3 is 10.3 Å². The van der Waals surface area contributed by atoms with E-state index in [0.717, 1.165) is 36.7 Å². The van der Waals surface area contributed by atoms with Crippen molar-refractivity contribution >= 4 is 5.69 Å². The molecule has 0 bridgehead atoms. The summed E-state index contributed by atoms with van der Waals surface area (Å²) < 4.78 is 5.58. The maximum absolute atomic E-state index is 5.76. The van der Waals surface area contributed by atoms with E-state index in [1.165, 1.54) is 5.56 Å². The SMILES string of the molecule is CC1(C)CC1c1noc(C2(c3ccc(N)cc3)CC2)n1. The molecular formula is C16H19N3O. The fraction of sp³-hybridized carbons (Fsp3) is 0.500. The van der Waals surface area contributed by atoms with Crippen molar-refractivity contribution in [3.8, 4) is 0 Å². The Morgan fingerprint density at radius 1 is 1.20 bits per heavy atom. The van der Waals surface area contributed by atoms with E-state index in [0.29, 0.717) is 11.3 Å². The van der Waals surface area contributed by atoms with Gasteiger partial charge in [-0.05, 0) is 42.4 Å². The van der Waals surface area contributed by atoms with Gasteiger partial charge in [0.2, 0.25) is 5.89 Å². The molecule has 0 amide bonds. The van der Waals surface area contributed by atoms with Crippen molar-refractivity contribution in [2.75, 3.05) is 5.73 Å². The Hall–Kier alpha value is -1.84. The van der Waals surface area contributed by atoms with E-state index in [4.69, 9.17) is 15.2 Å². The highest BCUT2D eigenvalue weighted by Gasteiger charge is 2.53. The largest absolute Gasteiger partial charge is 0.399 e. The first-order valence-corrected chi connectivity index (χ1v) is 7.21. The van der Waals surface area contributed by atoms with E-state index in [1.54, 1.807) is 0 Å². The van der Waals surface area contributed by atoms with Crippen LogP contribution in [0.5, 0.6) is 0 Å². The zero-order chi connectivity index (χ0) is 14.0. The molecule has 1 atom stereocenters. The summed E-state index contributed by atoms with van der Waals surface area (Å²) >= 11 is 0. The van der Waals surface area contributed by atoms with Gasteiger partial charge >= 0.3 is 0 Å². The molecular weight excluding hydrogens is 250 g/mol. The molecule has 2 N–H and O–H groups in total. The highest BCUT2D eigenvalue weighted by molar-refractivity contribution is 5.46. The van der Waals surface area contributed by atoms with Crippen LogP contribution in [0.15, 0.2) is 28.8 Å². The van der Waals surface area contributed by atoms with E-state index in [9.17, 15) is 0 Å². The second kappa shape index (κ2) is 3.62. The van der Waals surface area contributed by atoms with Crippen molar-refractivity contribution in [3.63, 3.8) is 0 Å². The lowest BCUT2D eigenvalue weighted by molar-refractivity contribution is 0.354. The third kappa shape index (κ3) is 1.67. The minimum Gasteiger partial charge on any atom is -0.399 e. The van der Waals surface area contributed by atoms with Gasteiger partial charge in [-0.15, -0.1) is 0 Å². The number of hydrogen-bond acceptors (Lipinski definition) is 4. The summed E-state index contributed by atoms with van der Waals surface area (Å²) in [4.78, 5) is 4.69. The number of nitrogens with zero attached hydrogens (tertiary/aromatic N) is 2. The molecule has 4 heteroatoms. The first-order chi connectivity index (χ1) is 9.51. The molecule has 2 aromatic rings. The molecule has 2 fully saturated rings. The Bertz CT molecular complexity index is 653. The second-order valence-corrected chi connectivity index (χ2v) is 6.91. The number of rotatable bonds is 3. The van der Waals surface area contributed by atoms with Crippen molar-refractivity contribution < 1.29 is 4.52 Å². The number of hydrogen-bond donors (Lipinski definition) is 1. The third-order valence-electron chi connectivity index (χ3n) is 4.89. The molecule has 2 aliphatic carbocycles. The summed E-state index contributed by atoms with van der Waals surface area (Å²) in [7, 11) is 0. The molecule has 2 aliphatic rings. The van der Waals surface area contributed by atoms with Gasteiger partial charge in [-0.1, -0.05) is 31.1 Å². The minimum atomic E-state index is -0.0576. The fourth-order valence-electron chi connectivity index (χ4n) is 3.03. The van der Waals surface area contributed by atoms with Crippen LogP contribution in [0.3, 0.4) is 0 Å². The first kappa shape index (κ1) is 11.9. The Labute approximate surface area is 118 Å². The normalized spacial score (nSPS) is 25.4. The van der Waals surface area contributed by atoms with Crippen LogP contribution >= 0.6 is 0 Å². The van der Waals surface area contributed by atoms with E-state index in [-0.39, 0.29) is 5.41 Å². The number of nitrogen functional groups attached to an aromatic ring is 1. The fourth-order valence-corrected chi connectivity index (χ4v) is 3.03. The molecule has 4 rings (SSSR count). The summed E-state index contributed by atoms with van der Waals surface area (Å²) in [5.41, 5.74) is 8.06. The van der Waals surface area contributed by atoms with Crippen LogP contribution < -0.4 is 5.73 Å². The number of benzene rings is 1. The van der Waals surface area contributed by atoms with Gasteiger partial charge in [0, 0.05) is 11.6 Å². The van der Waals surface area contributed by atoms with Gasteiger partial charge in [0.05, 0.1) is 5.41 Å². The van der Waals surface area contributed by atoms with Crippen molar-refractivity contribution in [1.29, 1.82) is 0 Å². The monoisotopic (exact) mass is 269 g/mol. The molecule has 1 unspecified atom stereocenters. The van der Waals surface area contributed by atoms with Gasteiger partial charge in [0.15, 0.2) is 5.82 Å². The van der Waals surface area contributed by atoms with Crippen LogP contribution in [0.2, 0.25) is 0 Å². The molecule has 0 spiro atoms. The lowest BCUT2D eigenvalue weighted by Crippen LogP contribution is -2.09. The molecule has 104 valence electrons. The van der Waals surface area contributed by atoms with Crippen LogP contribution in [-0.4, -0.2) is 10.1 Å². The zero-order valence-corrected chi connectivity index (χ0v) is 11.9. The number of aromatic nitrogens is 2. The van der Waals surface area contributed by atoms with E-state index in [1.807, 2.05) is 12.1 Å². The zero-order valence-electron chi connectivity index (χ0n) is 11.9. The number of nitrogens with two attached hydrogens (primary N) is 1. The van der Waals surface area contributed by atoms with Crippen LogP contribution in [0.25, 0.3) is 0 Å². The van der Waals surface area contributed by atoms with E-state index in [2.05, 4.69) is 31.1 Å². The van der Waals surface area contributed by atoms with Gasteiger partial charge in [0.25, 0.3) is 0 Å². The van der Waals surface area contributed by atoms with Crippen molar-refractivity contribution in [2.24, 2.45) is 5.41 Å². The smallest absolute Gasteiger partial charge is 0.237 e. The number of anilines is 1. The third-order valence-corrected chi connectivity index (χ3v) is 4.89. The summed E-state index contributed by atoms with van der Waals surface area (Å²) in [6, 6.07) is 8.04. The molecule has 0 radical (unpaired) electrons. The van der Waals surface area contributed by atoms with Crippen molar-refractivity contribution in [1.82, 2.24) is 10.1 Å². The average Bonchev–Trinajstić information content (AvgIpc) is 3.28. The summed E-state index contributed by atoms with van der Waals surface area (Å²) in [5.74, 6) is 2.12. The molecule has 0 aliphatic heterocycles. The Morgan fingerprint density at radius 3 is 2.40 bits per heavy atom. The maximum Gasteiger partial charge on any atom is 0.237 e. The van der Waals surface area contributed by atoms with Crippen molar-refractivity contribution in [3.05, 3.63) is 41.5 Å². The summed E-state index contributed by atoms with van der Waals surface area (Å²) in [5, 5.41) is 4.21. The summed E-state index contributed by atoms with van der Waals surface area (Å²) in [6.07, 6.45) is 3.31. The predicted molar refractivity (Wildman–Crippen MR) is 76.3 cm³/mol. The molecule has 20 heavy (non-hydrogen) atoms. The first-order valence-electron chi connectivity index (χ1n) is 7.21. The van der Waals surface area contributed by atoms with Gasteiger partial charge in [-0.25, -0.2) is 0 Å². The highest BCUT2D eigenvalue weighted by atomic mass is 16.5. The summed E-state index contributed by atoms with van der Waals surface area (Å²) in [6.45, 7) is 4.50. The molecule has 1 aromatic heterocycles. The Morgan fingerprint density at radius 2 is 1.85 bits per heavy atom. The van der Waals surface area contributed by atoms with Crippen LogP contribution in [0.1, 0.15) is 56.3 Å². The lowest BCUT2D eigenvalue weighted by Gasteiger charge is -2.10. The quantitative estimate of drug-likeness (QED) is 0.869. The molecule has 2 saturated carbocycles. The highest BCUT2D eigenvalue weighted by Crippen LogP contribution is 2.59. The Balaban J connectivity index is 1.66. The predicted octanol–water partition coefficient (Wildman–Crippen LogP) is 3.25. The topological polar surface area (TPSA) is 64.9 Å². The average molecular weight is 269 g/mol. The maximum atomic E-state index is 5.76. The van der Waals surface area contributed by atoms with Crippen LogP contribution in [0.4, 0.5) is 5.69 Å². The molecule has 0 saturated heterocycles. The van der Waals surface area contributed by atoms with E-state index >= 15 is 0 Å². The standard InChI is InChI=1S/C16H19N3O/c1-15(2)9-12(15)13-18-14(20-19-13)16(7-8-16)10-3-5-11(17)6-4-10/h3-6,12H,7-9,17H2,1-2H3. The lowest BCUT2D eigenvalue weighted by atomic mass is 9.95. The Kier molecular flexibility index (Phi) is 2.16. The van der Waals surface area contributed by atoms with Gasteiger partial charge in [-0.2, -0.15) is 4.98 Å². The minimum absolute atomic E-state index is 0.0576. The van der Waals surface area contributed by atoms with Crippen LogP contribution in [0, 0.1) is 5.41 Å². The van der Waals surface area contributed by atoms with Crippen LogP contribution in [-0.2, 0) is 5.41 Å². The van der Waals surface area contributed by atoms with Crippen molar-refractivity contribution in [2.45, 2.75) is 44.4 Å². The van der Waals surface area contributed by atoms with Gasteiger partial charge in [-0.3, -0.25) is 0 Å². The van der Waals surface area contributed by atoms with E-state index < -0.39 is 0 Å².